The number of ether oxygens (including phenoxy) is 2. The molecule has 31 heavy (non-hydrogen) atoms. The van der Waals surface area contributed by atoms with Crippen molar-refractivity contribution in [2.45, 2.75) is 19.1 Å². The Morgan fingerprint density at radius 1 is 1.23 bits per heavy atom. The van der Waals surface area contributed by atoms with Gasteiger partial charge in [-0.05, 0) is 54.0 Å². The van der Waals surface area contributed by atoms with Gasteiger partial charge in [0.05, 0.1) is 23.6 Å². The van der Waals surface area contributed by atoms with Crippen LogP contribution in [0.5, 0.6) is 11.5 Å². The first-order chi connectivity index (χ1) is 14.8. The fourth-order valence-corrected chi connectivity index (χ4v) is 3.54. The quantitative estimate of drug-likeness (QED) is 0.622. The molecule has 1 aliphatic heterocycles. The molecule has 0 unspecified atom stereocenters. The van der Waals surface area contributed by atoms with E-state index in [9.17, 15) is 18.0 Å². The van der Waals surface area contributed by atoms with Crippen molar-refractivity contribution in [3.63, 3.8) is 0 Å². The van der Waals surface area contributed by atoms with Crippen molar-refractivity contribution in [3.8, 4) is 17.6 Å². The number of rotatable bonds is 4. The Balaban J connectivity index is 1.78. The second-order valence-electron chi connectivity index (χ2n) is 6.90. The number of allylic oxidation sites excluding steroid dienone is 1. The lowest BCUT2D eigenvalue weighted by molar-refractivity contribution is -0.137. The topological polar surface area (TPSA) is 77.1 Å². The second kappa shape index (κ2) is 7.80. The molecule has 0 fully saturated rings. The highest BCUT2D eigenvalue weighted by atomic mass is 19.4. The molecular weight excluding hydrogens is 411 g/mol. The van der Waals surface area contributed by atoms with E-state index in [2.05, 4.69) is 4.98 Å². The van der Waals surface area contributed by atoms with Crippen LogP contribution in [-0.2, 0) is 12.7 Å². The molecule has 1 aliphatic rings. The van der Waals surface area contributed by atoms with E-state index in [-0.39, 0.29) is 23.1 Å². The zero-order valence-corrected chi connectivity index (χ0v) is 16.4. The summed E-state index contributed by atoms with van der Waals surface area (Å²) in [5, 5.41) is 8.82. The summed E-state index contributed by atoms with van der Waals surface area (Å²) in [7, 11) is 1.47. The van der Waals surface area contributed by atoms with Gasteiger partial charge in [-0.3, -0.25) is 9.36 Å². The van der Waals surface area contributed by atoms with Gasteiger partial charge >= 0.3 is 6.18 Å². The van der Waals surface area contributed by atoms with Gasteiger partial charge < -0.3 is 9.47 Å². The van der Waals surface area contributed by atoms with Crippen LogP contribution < -0.4 is 15.0 Å². The van der Waals surface area contributed by atoms with Gasteiger partial charge in [-0.25, -0.2) is 4.98 Å². The lowest BCUT2D eigenvalue weighted by atomic mass is 10.1. The summed E-state index contributed by atoms with van der Waals surface area (Å²) in [5.74, 6) is 1.19. The summed E-state index contributed by atoms with van der Waals surface area (Å²) in [6.07, 6.45) is -2.20. The van der Waals surface area contributed by atoms with E-state index >= 15 is 0 Å². The van der Waals surface area contributed by atoms with Crippen LogP contribution in [0.1, 0.15) is 23.4 Å². The van der Waals surface area contributed by atoms with E-state index in [0.29, 0.717) is 30.3 Å². The van der Waals surface area contributed by atoms with Crippen LogP contribution >= 0.6 is 0 Å². The number of alkyl halides is 3. The van der Waals surface area contributed by atoms with E-state index in [1.54, 1.807) is 24.3 Å². The minimum Gasteiger partial charge on any atom is -0.493 e. The number of benzene rings is 2. The summed E-state index contributed by atoms with van der Waals surface area (Å²) in [5.41, 5.74) is 0.261. The summed E-state index contributed by atoms with van der Waals surface area (Å²) >= 11 is 0. The van der Waals surface area contributed by atoms with E-state index in [1.165, 1.54) is 17.7 Å². The van der Waals surface area contributed by atoms with Crippen LogP contribution in [0.4, 0.5) is 13.2 Å². The minimum atomic E-state index is -4.52. The third kappa shape index (κ3) is 3.84. The van der Waals surface area contributed by atoms with Crippen LogP contribution in [0.3, 0.4) is 0 Å². The summed E-state index contributed by atoms with van der Waals surface area (Å²) in [6.45, 7) is 0.272. The Bertz CT molecular complexity index is 1300. The molecule has 0 saturated carbocycles. The van der Waals surface area contributed by atoms with Gasteiger partial charge in [-0.1, -0.05) is 6.07 Å². The van der Waals surface area contributed by atoms with E-state index in [1.807, 2.05) is 6.07 Å². The number of nitrogens with zero attached hydrogens (tertiary/aromatic N) is 3. The van der Waals surface area contributed by atoms with Gasteiger partial charge in [0.15, 0.2) is 18.1 Å². The van der Waals surface area contributed by atoms with Gasteiger partial charge in [-0.2, -0.15) is 18.4 Å². The van der Waals surface area contributed by atoms with Gasteiger partial charge in [0.1, 0.15) is 11.9 Å². The number of halogens is 3. The fourth-order valence-electron chi connectivity index (χ4n) is 3.54. The Hall–Kier alpha value is -3.80. The minimum absolute atomic E-state index is 0.0108. The van der Waals surface area contributed by atoms with Crippen LogP contribution in [-0.4, -0.2) is 23.3 Å². The average molecular weight is 427 g/mol. The number of hydrogen-bond acceptors (Lipinski definition) is 5. The first-order valence-corrected chi connectivity index (χ1v) is 9.32. The molecule has 0 saturated heterocycles. The molecule has 9 heteroatoms. The number of methoxy groups -OCH3 is 1. The Labute approximate surface area is 174 Å². The Kier molecular flexibility index (Phi) is 5.15. The molecule has 0 bridgehead atoms. The summed E-state index contributed by atoms with van der Waals surface area (Å²) in [6, 6.07) is 9.98. The zero-order chi connectivity index (χ0) is 22.2. The molecule has 0 amide bonds. The molecule has 1 aromatic heterocycles. The Morgan fingerprint density at radius 3 is 2.74 bits per heavy atom. The number of fused-ring (bicyclic) bond motifs is 2. The number of nitriles is 1. The lowest BCUT2D eigenvalue weighted by Gasteiger charge is -2.10. The zero-order valence-electron chi connectivity index (χ0n) is 16.4. The monoisotopic (exact) mass is 427 g/mol. The molecule has 0 N–H and O–H groups in total. The van der Waals surface area contributed by atoms with E-state index < -0.39 is 11.7 Å². The van der Waals surface area contributed by atoms with Crippen LogP contribution in [0, 0.1) is 11.3 Å². The third-order valence-electron chi connectivity index (χ3n) is 5.00. The predicted octanol–water partition coefficient (Wildman–Crippen LogP) is 4.27. The van der Waals surface area contributed by atoms with Gasteiger partial charge in [0, 0.05) is 6.54 Å². The molecule has 6 nitrogen and oxygen atoms in total. The molecule has 158 valence electrons. The van der Waals surface area contributed by atoms with Crippen LogP contribution in [0.25, 0.3) is 22.6 Å². The van der Waals surface area contributed by atoms with Gasteiger partial charge in [0.25, 0.3) is 5.56 Å². The standard InChI is InChI=1S/C22H16F3N3O3/c1-30-19-11-13(2-5-18(19)31-9-7-26)10-14-6-8-28-20(14)27-17-12-15(22(23,24)25)3-4-16(17)21(28)29/h2-5,10-12H,6,8-9H2,1H3/b14-10+. The molecule has 0 spiro atoms. The van der Waals surface area contributed by atoms with Crippen molar-refractivity contribution >= 4 is 22.6 Å². The SMILES string of the molecule is COc1cc(/C=C2\CCn3c2nc2cc(C(F)(F)F)ccc2c3=O)ccc1OCC#N. The molecular formula is C22H16F3N3O3. The van der Waals surface area contributed by atoms with E-state index in [0.717, 1.165) is 23.3 Å². The normalized spacial score (nSPS) is 14.5. The van der Waals surface area contributed by atoms with Crippen molar-refractivity contribution in [2.24, 2.45) is 0 Å². The highest BCUT2D eigenvalue weighted by Crippen LogP contribution is 2.34. The highest BCUT2D eigenvalue weighted by Gasteiger charge is 2.31. The van der Waals surface area contributed by atoms with Crippen molar-refractivity contribution in [1.82, 2.24) is 9.55 Å². The van der Waals surface area contributed by atoms with Crippen molar-refractivity contribution < 1.29 is 22.6 Å². The molecule has 3 aromatic rings. The van der Waals surface area contributed by atoms with E-state index in [4.69, 9.17) is 14.7 Å². The van der Waals surface area contributed by atoms with Crippen LogP contribution in [0.2, 0.25) is 0 Å². The molecule has 0 atom stereocenters. The first kappa shape index (κ1) is 20.5. The maximum atomic E-state index is 13.1. The third-order valence-corrected chi connectivity index (χ3v) is 5.00. The highest BCUT2D eigenvalue weighted by molar-refractivity contribution is 5.85. The number of hydrogen-bond donors (Lipinski definition) is 0. The maximum absolute atomic E-state index is 13.1. The predicted molar refractivity (Wildman–Crippen MR) is 108 cm³/mol. The Morgan fingerprint density at radius 2 is 2.03 bits per heavy atom. The summed E-state index contributed by atoms with van der Waals surface area (Å²) in [4.78, 5) is 17.1. The first-order valence-electron chi connectivity index (χ1n) is 9.32. The average Bonchev–Trinajstić information content (AvgIpc) is 3.14. The smallest absolute Gasteiger partial charge is 0.416 e. The van der Waals surface area contributed by atoms with Crippen molar-refractivity contribution in [2.75, 3.05) is 13.7 Å². The van der Waals surface area contributed by atoms with Crippen LogP contribution in [0.15, 0.2) is 41.2 Å². The van der Waals surface area contributed by atoms with Gasteiger partial charge in [0.2, 0.25) is 0 Å². The lowest BCUT2D eigenvalue weighted by Crippen LogP contribution is -2.21. The molecule has 2 heterocycles. The summed E-state index contributed by atoms with van der Waals surface area (Å²) < 4.78 is 51.3. The van der Waals surface area contributed by atoms with Gasteiger partial charge in [-0.15, -0.1) is 0 Å². The molecule has 0 radical (unpaired) electrons. The fraction of sp³-hybridized carbons (Fsp3) is 0.227. The molecule has 4 rings (SSSR count). The van der Waals surface area contributed by atoms with Crippen molar-refractivity contribution in [3.05, 3.63) is 63.7 Å². The van der Waals surface area contributed by atoms with Crippen molar-refractivity contribution in [1.29, 1.82) is 5.26 Å². The largest absolute Gasteiger partial charge is 0.493 e. The molecule has 2 aromatic carbocycles. The second-order valence-corrected chi connectivity index (χ2v) is 6.90. The number of aromatic nitrogens is 2. The molecule has 0 aliphatic carbocycles. The maximum Gasteiger partial charge on any atom is 0.416 e.